The largest absolute Gasteiger partial charge is 0.386 e. The number of aryl methyl sites for hydroxylation is 1. The van der Waals surface area contributed by atoms with Crippen molar-refractivity contribution in [2.45, 2.75) is 25.5 Å². The smallest absolute Gasteiger partial charge is 0.224 e. The average Bonchev–Trinajstić information content (AvgIpc) is 2.76. The maximum absolute atomic E-state index is 11.9. The van der Waals surface area contributed by atoms with E-state index in [0.29, 0.717) is 26.1 Å². The molecule has 1 N–H and O–H groups in total. The van der Waals surface area contributed by atoms with Gasteiger partial charge in [0.1, 0.15) is 0 Å². The number of aromatic nitrogens is 2. The Balaban J connectivity index is 1.62. The zero-order chi connectivity index (χ0) is 13.5. The lowest BCUT2D eigenvalue weighted by Crippen LogP contribution is -2.61. The molecule has 1 aliphatic rings. The number of hydrogen-bond donors (Lipinski definition) is 1. The normalized spacial score (nSPS) is 17.5. The first-order valence-electron chi connectivity index (χ1n) is 6.45. The van der Waals surface area contributed by atoms with Crippen LogP contribution in [0.25, 0.3) is 11.0 Å². The van der Waals surface area contributed by atoms with Crippen molar-refractivity contribution in [3.8, 4) is 0 Å². The van der Waals surface area contributed by atoms with Gasteiger partial charge in [-0.1, -0.05) is 12.1 Å². The van der Waals surface area contributed by atoms with Crippen LogP contribution in [0.15, 0.2) is 30.6 Å². The summed E-state index contributed by atoms with van der Waals surface area (Å²) in [4.78, 5) is 17.9. The van der Waals surface area contributed by atoms with Crippen LogP contribution in [0.4, 0.5) is 0 Å². The topological polar surface area (TPSA) is 58.4 Å². The van der Waals surface area contributed by atoms with E-state index < -0.39 is 5.60 Å². The molecule has 1 saturated heterocycles. The molecule has 0 radical (unpaired) electrons. The number of β-amino-alcohol motifs (C(OH)–C–C–N with tert-alkyl or cyclic N) is 1. The second-order valence-corrected chi connectivity index (χ2v) is 5.42. The molecule has 0 bridgehead atoms. The molecule has 5 nitrogen and oxygen atoms in total. The minimum absolute atomic E-state index is 0.0873. The number of aliphatic hydroxyl groups is 1. The third-order valence-electron chi connectivity index (χ3n) is 3.51. The summed E-state index contributed by atoms with van der Waals surface area (Å²) >= 11 is 0. The molecule has 2 heterocycles. The van der Waals surface area contributed by atoms with Crippen molar-refractivity contribution < 1.29 is 9.90 Å². The first-order chi connectivity index (χ1) is 9.05. The summed E-state index contributed by atoms with van der Waals surface area (Å²) in [5, 5.41) is 9.62. The Bertz CT molecular complexity index is 610. The number of benzene rings is 1. The van der Waals surface area contributed by atoms with E-state index in [1.54, 1.807) is 18.2 Å². The highest BCUT2D eigenvalue weighted by molar-refractivity contribution is 5.78. The Morgan fingerprint density at radius 1 is 1.42 bits per heavy atom. The zero-order valence-corrected chi connectivity index (χ0v) is 10.9. The molecule has 0 atom stereocenters. The van der Waals surface area contributed by atoms with E-state index in [4.69, 9.17) is 0 Å². The molecule has 1 fully saturated rings. The Kier molecular flexibility index (Phi) is 2.78. The standard InChI is InChI=1S/C14H17N3O2/c1-14(19)8-17(9-14)13(18)6-7-16-10-15-11-4-2-3-5-12(11)16/h2-5,10,19H,6-9H2,1H3. The summed E-state index contributed by atoms with van der Waals surface area (Å²) in [6.45, 7) is 3.26. The number of nitrogens with zero attached hydrogens (tertiary/aromatic N) is 3. The van der Waals surface area contributed by atoms with Gasteiger partial charge in [-0.05, 0) is 19.1 Å². The zero-order valence-electron chi connectivity index (χ0n) is 10.9. The van der Waals surface area contributed by atoms with Gasteiger partial charge in [0.2, 0.25) is 5.91 Å². The molecule has 0 saturated carbocycles. The molecule has 1 aromatic heterocycles. The molecular weight excluding hydrogens is 242 g/mol. The van der Waals surface area contributed by atoms with Crippen LogP contribution >= 0.6 is 0 Å². The molecule has 3 rings (SSSR count). The fourth-order valence-corrected chi connectivity index (χ4v) is 2.52. The van der Waals surface area contributed by atoms with Gasteiger partial charge in [-0.3, -0.25) is 4.79 Å². The predicted molar refractivity (Wildman–Crippen MR) is 71.6 cm³/mol. The van der Waals surface area contributed by atoms with Crippen LogP contribution in [0.3, 0.4) is 0 Å². The second-order valence-electron chi connectivity index (χ2n) is 5.42. The summed E-state index contributed by atoms with van der Waals surface area (Å²) in [6.07, 6.45) is 2.21. The number of carbonyl (C=O) groups excluding carboxylic acids is 1. The van der Waals surface area contributed by atoms with Crippen LogP contribution in [0.1, 0.15) is 13.3 Å². The van der Waals surface area contributed by atoms with Gasteiger partial charge in [-0.25, -0.2) is 4.98 Å². The Hall–Kier alpha value is -1.88. The highest BCUT2D eigenvalue weighted by Crippen LogP contribution is 2.21. The number of imidazole rings is 1. The summed E-state index contributed by atoms with van der Waals surface area (Å²) in [6, 6.07) is 7.88. The van der Waals surface area contributed by atoms with Gasteiger partial charge in [-0.2, -0.15) is 0 Å². The van der Waals surface area contributed by atoms with Crippen molar-refractivity contribution in [1.82, 2.24) is 14.5 Å². The summed E-state index contributed by atoms with van der Waals surface area (Å²) in [5.74, 6) is 0.0873. The SMILES string of the molecule is CC1(O)CN(C(=O)CCn2cnc3ccccc32)C1. The van der Waals surface area contributed by atoms with Crippen LogP contribution in [0.5, 0.6) is 0 Å². The van der Waals surface area contributed by atoms with E-state index in [0.717, 1.165) is 11.0 Å². The minimum atomic E-state index is -0.697. The van der Waals surface area contributed by atoms with Crippen LogP contribution in [-0.4, -0.2) is 44.2 Å². The van der Waals surface area contributed by atoms with E-state index in [1.807, 2.05) is 28.8 Å². The number of fused-ring (bicyclic) bond motifs is 1. The van der Waals surface area contributed by atoms with Gasteiger partial charge < -0.3 is 14.6 Å². The van der Waals surface area contributed by atoms with Crippen molar-refractivity contribution in [2.75, 3.05) is 13.1 Å². The molecule has 100 valence electrons. The van der Waals surface area contributed by atoms with E-state index >= 15 is 0 Å². The first-order valence-corrected chi connectivity index (χ1v) is 6.45. The highest BCUT2D eigenvalue weighted by Gasteiger charge is 2.38. The van der Waals surface area contributed by atoms with Gasteiger partial charge in [0, 0.05) is 13.0 Å². The molecule has 2 aromatic rings. The number of hydrogen-bond acceptors (Lipinski definition) is 3. The van der Waals surface area contributed by atoms with Crippen molar-refractivity contribution in [3.63, 3.8) is 0 Å². The Morgan fingerprint density at radius 3 is 2.89 bits per heavy atom. The fourth-order valence-electron chi connectivity index (χ4n) is 2.52. The second kappa shape index (κ2) is 4.35. The number of amides is 1. The third-order valence-corrected chi connectivity index (χ3v) is 3.51. The molecule has 19 heavy (non-hydrogen) atoms. The molecule has 0 aliphatic carbocycles. The summed E-state index contributed by atoms with van der Waals surface area (Å²) in [5.41, 5.74) is 1.30. The van der Waals surface area contributed by atoms with Crippen molar-refractivity contribution in [1.29, 1.82) is 0 Å². The Labute approximate surface area is 111 Å². The lowest BCUT2D eigenvalue weighted by atomic mass is 9.96. The summed E-state index contributed by atoms with van der Waals surface area (Å²) in [7, 11) is 0. The van der Waals surface area contributed by atoms with Crippen molar-refractivity contribution in [2.24, 2.45) is 0 Å². The molecule has 5 heteroatoms. The van der Waals surface area contributed by atoms with E-state index in [1.165, 1.54) is 0 Å². The number of rotatable bonds is 3. The monoisotopic (exact) mass is 259 g/mol. The van der Waals surface area contributed by atoms with Crippen LogP contribution in [-0.2, 0) is 11.3 Å². The van der Waals surface area contributed by atoms with E-state index in [-0.39, 0.29) is 5.91 Å². The van der Waals surface area contributed by atoms with Gasteiger partial charge in [0.25, 0.3) is 0 Å². The van der Waals surface area contributed by atoms with Gasteiger partial charge in [0.05, 0.1) is 36.1 Å². The van der Waals surface area contributed by atoms with Gasteiger partial charge in [0.15, 0.2) is 0 Å². The lowest BCUT2D eigenvalue weighted by Gasteiger charge is -2.44. The van der Waals surface area contributed by atoms with E-state index in [2.05, 4.69) is 4.98 Å². The lowest BCUT2D eigenvalue weighted by molar-refractivity contribution is -0.152. The van der Waals surface area contributed by atoms with Crippen LogP contribution in [0, 0.1) is 0 Å². The maximum atomic E-state index is 11.9. The van der Waals surface area contributed by atoms with Crippen LogP contribution < -0.4 is 0 Å². The number of para-hydroxylation sites is 2. The van der Waals surface area contributed by atoms with Crippen molar-refractivity contribution >= 4 is 16.9 Å². The quantitative estimate of drug-likeness (QED) is 0.895. The molecule has 1 amide bonds. The number of carbonyl (C=O) groups is 1. The first kappa shape index (κ1) is 12.2. The highest BCUT2D eigenvalue weighted by atomic mass is 16.3. The Morgan fingerprint density at radius 2 is 2.16 bits per heavy atom. The molecule has 0 unspecified atom stereocenters. The molecular formula is C14H17N3O2. The van der Waals surface area contributed by atoms with Gasteiger partial charge >= 0.3 is 0 Å². The van der Waals surface area contributed by atoms with E-state index in [9.17, 15) is 9.90 Å². The average molecular weight is 259 g/mol. The third kappa shape index (κ3) is 2.33. The fraction of sp³-hybridized carbons (Fsp3) is 0.429. The minimum Gasteiger partial charge on any atom is -0.386 e. The molecule has 1 aliphatic heterocycles. The number of likely N-dealkylation sites (tertiary alicyclic amines) is 1. The van der Waals surface area contributed by atoms with Crippen molar-refractivity contribution in [3.05, 3.63) is 30.6 Å². The summed E-state index contributed by atoms with van der Waals surface area (Å²) < 4.78 is 1.99. The molecule has 1 aromatic carbocycles. The predicted octanol–water partition coefficient (Wildman–Crippen LogP) is 1.02. The maximum Gasteiger partial charge on any atom is 0.224 e. The molecule has 0 spiro atoms. The van der Waals surface area contributed by atoms with Crippen LogP contribution in [0.2, 0.25) is 0 Å². The van der Waals surface area contributed by atoms with Gasteiger partial charge in [-0.15, -0.1) is 0 Å².